The zero-order chi connectivity index (χ0) is 15.9. The van der Waals surface area contributed by atoms with E-state index in [1.165, 1.54) is 37.4 Å². The van der Waals surface area contributed by atoms with E-state index in [4.69, 9.17) is 9.15 Å². The van der Waals surface area contributed by atoms with E-state index in [9.17, 15) is 20.1 Å². The average Bonchev–Trinajstić information content (AvgIpc) is 2.51. The molecule has 1 heterocycles. The summed E-state index contributed by atoms with van der Waals surface area (Å²) in [5.74, 6) is -0.438. The number of methoxy groups -OCH3 is 1. The maximum absolute atomic E-state index is 12.2. The van der Waals surface area contributed by atoms with Gasteiger partial charge in [-0.25, -0.2) is 0 Å². The Balaban J connectivity index is 2.25. The molecule has 0 saturated carbocycles. The Bertz CT molecular complexity index is 926. The molecular formula is C16H12O6. The Kier molecular flexibility index (Phi) is 3.14. The predicted molar refractivity (Wildman–Crippen MR) is 79.5 cm³/mol. The van der Waals surface area contributed by atoms with Gasteiger partial charge in [0.25, 0.3) is 0 Å². The molecule has 22 heavy (non-hydrogen) atoms. The SMILES string of the molecule is COc1cc(-c2cc(=O)c3c(O)c(O)ccc3o2)ccc1O. The van der Waals surface area contributed by atoms with E-state index in [0.717, 1.165) is 0 Å². The van der Waals surface area contributed by atoms with Crippen LogP contribution in [0.4, 0.5) is 0 Å². The average molecular weight is 300 g/mol. The Morgan fingerprint density at radius 3 is 2.45 bits per heavy atom. The molecule has 1 aromatic heterocycles. The highest BCUT2D eigenvalue weighted by atomic mass is 16.5. The molecule has 2 aromatic carbocycles. The molecule has 0 aliphatic rings. The van der Waals surface area contributed by atoms with Crippen LogP contribution in [0.2, 0.25) is 0 Å². The van der Waals surface area contributed by atoms with Crippen molar-refractivity contribution in [3.8, 4) is 34.3 Å². The molecule has 6 heteroatoms. The number of phenols is 3. The zero-order valence-corrected chi connectivity index (χ0v) is 11.5. The quantitative estimate of drug-likeness (QED) is 0.629. The van der Waals surface area contributed by atoms with Crippen molar-refractivity contribution in [3.63, 3.8) is 0 Å². The van der Waals surface area contributed by atoms with Crippen LogP contribution in [0.5, 0.6) is 23.0 Å². The number of fused-ring (bicyclic) bond motifs is 1. The van der Waals surface area contributed by atoms with Crippen molar-refractivity contribution in [2.24, 2.45) is 0 Å². The third-order valence-corrected chi connectivity index (χ3v) is 3.31. The van der Waals surface area contributed by atoms with Crippen molar-refractivity contribution in [3.05, 3.63) is 46.6 Å². The minimum Gasteiger partial charge on any atom is -0.504 e. The molecule has 0 spiro atoms. The minimum absolute atomic E-state index is 0.0306. The van der Waals surface area contributed by atoms with Crippen LogP contribution in [0.3, 0.4) is 0 Å². The van der Waals surface area contributed by atoms with E-state index in [-0.39, 0.29) is 34.0 Å². The summed E-state index contributed by atoms with van der Waals surface area (Å²) < 4.78 is 10.6. The second-order valence-corrected chi connectivity index (χ2v) is 4.67. The Hall–Kier alpha value is -3.15. The summed E-state index contributed by atoms with van der Waals surface area (Å²) in [6.07, 6.45) is 0. The lowest BCUT2D eigenvalue weighted by atomic mass is 10.1. The standard InChI is InChI=1S/C16H12O6/c1-21-14-6-8(2-3-9(14)17)13-7-11(19)15-12(22-13)5-4-10(18)16(15)20/h2-7,17-18,20H,1H3. The number of benzene rings is 2. The summed E-state index contributed by atoms with van der Waals surface area (Å²) in [6.45, 7) is 0. The number of hydrogen-bond acceptors (Lipinski definition) is 6. The van der Waals surface area contributed by atoms with E-state index in [0.29, 0.717) is 5.56 Å². The molecule has 0 fully saturated rings. The fourth-order valence-electron chi connectivity index (χ4n) is 2.20. The van der Waals surface area contributed by atoms with Crippen LogP contribution in [0, 0.1) is 0 Å². The first-order chi connectivity index (χ1) is 10.5. The van der Waals surface area contributed by atoms with Gasteiger partial charge in [-0.2, -0.15) is 0 Å². The van der Waals surface area contributed by atoms with Gasteiger partial charge in [-0.1, -0.05) is 0 Å². The Labute approximate surface area is 124 Å². The zero-order valence-electron chi connectivity index (χ0n) is 11.5. The first-order valence-corrected chi connectivity index (χ1v) is 6.37. The lowest BCUT2D eigenvalue weighted by molar-refractivity contribution is 0.373. The van der Waals surface area contributed by atoms with Crippen LogP contribution in [0.25, 0.3) is 22.3 Å². The lowest BCUT2D eigenvalue weighted by Crippen LogP contribution is -2.00. The minimum atomic E-state index is -0.513. The molecule has 0 atom stereocenters. The van der Waals surface area contributed by atoms with Gasteiger partial charge in [-0.15, -0.1) is 0 Å². The van der Waals surface area contributed by atoms with Crippen molar-refractivity contribution in [2.45, 2.75) is 0 Å². The summed E-state index contributed by atoms with van der Waals surface area (Å²) in [7, 11) is 1.41. The van der Waals surface area contributed by atoms with Crippen LogP contribution < -0.4 is 10.2 Å². The largest absolute Gasteiger partial charge is 0.504 e. The van der Waals surface area contributed by atoms with E-state index in [1.54, 1.807) is 6.07 Å². The molecule has 0 aliphatic carbocycles. The predicted octanol–water partition coefficient (Wildman–Crippen LogP) is 2.59. The maximum Gasteiger partial charge on any atom is 0.197 e. The summed E-state index contributed by atoms with van der Waals surface area (Å²) in [5.41, 5.74) is 0.183. The summed E-state index contributed by atoms with van der Waals surface area (Å²) >= 11 is 0. The monoisotopic (exact) mass is 300 g/mol. The number of aromatic hydroxyl groups is 3. The van der Waals surface area contributed by atoms with E-state index in [1.807, 2.05) is 0 Å². The summed E-state index contributed by atoms with van der Waals surface area (Å²) in [5, 5.41) is 28.7. The molecule has 0 bridgehead atoms. The highest BCUT2D eigenvalue weighted by Crippen LogP contribution is 2.35. The van der Waals surface area contributed by atoms with Crippen LogP contribution in [0.1, 0.15) is 0 Å². The van der Waals surface area contributed by atoms with Crippen LogP contribution >= 0.6 is 0 Å². The van der Waals surface area contributed by atoms with Crippen LogP contribution in [0.15, 0.2) is 45.6 Å². The highest BCUT2D eigenvalue weighted by molar-refractivity contribution is 5.87. The van der Waals surface area contributed by atoms with Crippen molar-refractivity contribution in [1.29, 1.82) is 0 Å². The van der Waals surface area contributed by atoms with Crippen molar-refractivity contribution in [2.75, 3.05) is 7.11 Å². The first kappa shape index (κ1) is 13.8. The molecule has 0 radical (unpaired) electrons. The second-order valence-electron chi connectivity index (χ2n) is 4.67. The van der Waals surface area contributed by atoms with Gasteiger partial charge in [-0.05, 0) is 30.3 Å². The fraction of sp³-hybridized carbons (Fsp3) is 0.0625. The molecule has 0 saturated heterocycles. The molecule has 0 unspecified atom stereocenters. The first-order valence-electron chi connectivity index (χ1n) is 6.37. The molecule has 0 amide bonds. The molecule has 3 aromatic rings. The smallest absolute Gasteiger partial charge is 0.197 e. The third-order valence-electron chi connectivity index (χ3n) is 3.31. The van der Waals surface area contributed by atoms with E-state index in [2.05, 4.69) is 0 Å². The van der Waals surface area contributed by atoms with Crippen molar-refractivity contribution < 1.29 is 24.5 Å². The summed E-state index contributed by atoms with van der Waals surface area (Å²) in [6, 6.07) is 8.36. The van der Waals surface area contributed by atoms with Crippen LogP contribution in [-0.2, 0) is 0 Å². The fourth-order valence-corrected chi connectivity index (χ4v) is 2.20. The third kappa shape index (κ3) is 2.10. The van der Waals surface area contributed by atoms with Gasteiger partial charge in [0.15, 0.2) is 28.4 Å². The molecular weight excluding hydrogens is 288 g/mol. The topological polar surface area (TPSA) is 100 Å². The van der Waals surface area contributed by atoms with Crippen LogP contribution in [-0.4, -0.2) is 22.4 Å². The van der Waals surface area contributed by atoms with Gasteiger partial charge < -0.3 is 24.5 Å². The number of phenolic OH excluding ortho intramolecular Hbond substituents is 3. The van der Waals surface area contributed by atoms with Crippen molar-refractivity contribution in [1.82, 2.24) is 0 Å². The van der Waals surface area contributed by atoms with Crippen molar-refractivity contribution >= 4 is 11.0 Å². The van der Waals surface area contributed by atoms with Gasteiger partial charge in [0.2, 0.25) is 0 Å². The molecule has 6 nitrogen and oxygen atoms in total. The molecule has 3 N–H and O–H groups in total. The number of hydrogen-bond donors (Lipinski definition) is 3. The molecule has 112 valence electrons. The van der Waals surface area contributed by atoms with Gasteiger partial charge in [0.1, 0.15) is 16.7 Å². The Morgan fingerprint density at radius 1 is 1.00 bits per heavy atom. The van der Waals surface area contributed by atoms with Gasteiger partial charge >= 0.3 is 0 Å². The normalized spacial score (nSPS) is 10.8. The molecule has 3 rings (SSSR count). The van der Waals surface area contributed by atoms with Gasteiger partial charge in [0.05, 0.1) is 7.11 Å². The summed E-state index contributed by atoms with van der Waals surface area (Å²) in [4.78, 5) is 12.2. The number of ether oxygens (including phenoxy) is 1. The van der Waals surface area contributed by atoms with E-state index < -0.39 is 11.2 Å². The Morgan fingerprint density at radius 2 is 1.73 bits per heavy atom. The lowest BCUT2D eigenvalue weighted by Gasteiger charge is -2.08. The second kappa shape index (κ2) is 5.00. The van der Waals surface area contributed by atoms with Gasteiger partial charge in [-0.3, -0.25) is 4.79 Å². The highest BCUT2D eigenvalue weighted by Gasteiger charge is 2.14. The van der Waals surface area contributed by atoms with Gasteiger partial charge in [0, 0.05) is 11.6 Å². The molecule has 0 aliphatic heterocycles. The van der Waals surface area contributed by atoms with E-state index >= 15 is 0 Å². The number of rotatable bonds is 2. The maximum atomic E-state index is 12.2.